The lowest BCUT2D eigenvalue weighted by molar-refractivity contribution is 0.477. The molecule has 1 aliphatic rings. The van der Waals surface area contributed by atoms with Crippen molar-refractivity contribution in [3.63, 3.8) is 0 Å². The third-order valence-electron chi connectivity index (χ3n) is 2.04. The summed E-state index contributed by atoms with van der Waals surface area (Å²) in [5.41, 5.74) is 7.09. The minimum Gasteiger partial charge on any atom is -0.506 e. The van der Waals surface area contributed by atoms with E-state index in [-0.39, 0.29) is 5.75 Å². The van der Waals surface area contributed by atoms with Gasteiger partial charge >= 0.3 is 0 Å². The lowest BCUT2D eigenvalue weighted by Crippen LogP contribution is -1.91. The van der Waals surface area contributed by atoms with Crippen LogP contribution in [0.5, 0.6) is 17.2 Å². The molecule has 0 aromatic heterocycles. The first-order chi connectivity index (χ1) is 5.74. The minimum absolute atomic E-state index is 0.134. The maximum absolute atomic E-state index is 9.34. The summed E-state index contributed by atoms with van der Waals surface area (Å²) in [6, 6.07) is 1.56. The normalized spacial score (nSPS) is 12.1. The highest BCUT2D eigenvalue weighted by molar-refractivity contribution is 5.74. The van der Waals surface area contributed by atoms with Crippen LogP contribution in [0.25, 0.3) is 0 Å². The third-order valence-corrected chi connectivity index (χ3v) is 2.04. The van der Waals surface area contributed by atoms with Gasteiger partial charge in [-0.3, -0.25) is 0 Å². The molecule has 0 saturated carbocycles. The Morgan fingerprint density at radius 3 is 3.00 bits per heavy atom. The zero-order valence-electron chi connectivity index (χ0n) is 6.92. The summed E-state index contributed by atoms with van der Waals surface area (Å²) in [6.07, 6.45) is 1.87. The van der Waals surface area contributed by atoms with E-state index >= 15 is 0 Å². The number of hydrogen-bond donors (Lipinski definition) is 2. The molecule has 0 radical (unpaired) electrons. The van der Waals surface area contributed by atoms with Crippen molar-refractivity contribution >= 4 is 5.69 Å². The number of ether oxygens (including phenoxy) is 1. The van der Waals surface area contributed by atoms with Crippen LogP contribution in [-0.2, 0) is 6.42 Å². The number of anilines is 1. The monoisotopic (exact) mass is 165 g/mol. The van der Waals surface area contributed by atoms with Crippen LogP contribution in [0.15, 0.2) is 6.07 Å². The third kappa shape index (κ3) is 0.897. The van der Waals surface area contributed by atoms with Crippen molar-refractivity contribution in [2.75, 3.05) is 5.73 Å². The Bertz CT molecular complexity index is 334. The van der Waals surface area contributed by atoms with Crippen molar-refractivity contribution in [1.29, 1.82) is 0 Å². The van der Waals surface area contributed by atoms with Crippen molar-refractivity contribution < 1.29 is 9.84 Å². The van der Waals surface area contributed by atoms with E-state index in [0.29, 0.717) is 5.69 Å². The van der Waals surface area contributed by atoms with Gasteiger partial charge in [-0.05, 0) is 6.42 Å². The highest BCUT2D eigenvalue weighted by Crippen LogP contribution is 2.53. The van der Waals surface area contributed by atoms with Crippen LogP contribution >= 0.6 is 0 Å². The number of hydrogen-bond acceptors (Lipinski definition) is 3. The van der Waals surface area contributed by atoms with Gasteiger partial charge in [-0.15, -0.1) is 0 Å². The van der Waals surface area contributed by atoms with E-state index in [0.717, 1.165) is 29.9 Å². The van der Waals surface area contributed by atoms with Crippen LogP contribution in [-0.4, -0.2) is 5.11 Å². The summed E-state index contributed by atoms with van der Waals surface area (Å²) in [6.45, 7) is 2.07. The molecule has 0 spiro atoms. The zero-order valence-corrected chi connectivity index (χ0v) is 6.92. The van der Waals surface area contributed by atoms with Crippen molar-refractivity contribution in [2.45, 2.75) is 19.8 Å². The standard InChI is InChI=1S/C9H11NO2/c1-2-3-5-8(10)6(11)4-7-9(5)12-7/h4,11H,2-3,10H2,1H3. The fourth-order valence-corrected chi connectivity index (χ4v) is 1.37. The predicted molar refractivity (Wildman–Crippen MR) is 46.6 cm³/mol. The Morgan fingerprint density at radius 2 is 2.33 bits per heavy atom. The summed E-state index contributed by atoms with van der Waals surface area (Å²) in [7, 11) is 0. The maximum atomic E-state index is 9.34. The molecule has 0 fully saturated rings. The van der Waals surface area contributed by atoms with Crippen LogP contribution in [0.4, 0.5) is 5.69 Å². The highest BCUT2D eigenvalue weighted by atomic mass is 16.6. The SMILES string of the molecule is CCCc1c(N)c(O)cc2c1O2. The molecule has 0 atom stereocenters. The summed E-state index contributed by atoms with van der Waals surface area (Å²) in [5, 5.41) is 9.34. The number of fused-ring (bicyclic) bond motifs is 1. The molecule has 12 heavy (non-hydrogen) atoms. The average Bonchev–Trinajstić information content (AvgIpc) is 2.77. The Kier molecular flexibility index (Phi) is 1.40. The summed E-state index contributed by atoms with van der Waals surface area (Å²) in [5.74, 6) is 1.77. The largest absolute Gasteiger partial charge is 0.506 e. The van der Waals surface area contributed by atoms with Crippen molar-refractivity contribution in [3.05, 3.63) is 11.6 Å². The fraction of sp³-hybridized carbons (Fsp3) is 0.333. The number of phenolic OH excluding ortho intramolecular Hbond substituents is 1. The number of benzene rings is 1. The van der Waals surface area contributed by atoms with Gasteiger partial charge in [0.05, 0.1) is 5.69 Å². The van der Waals surface area contributed by atoms with Gasteiger partial charge in [-0.1, -0.05) is 13.3 Å². The van der Waals surface area contributed by atoms with E-state index in [9.17, 15) is 5.11 Å². The number of aromatic hydroxyl groups is 1. The van der Waals surface area contributed by atoms with E-state index in [4.69, 9.17) is 10.5 Å². The number of rotatable bonds is 2. The van der Waals surface area contributed by atoms with Gasteiger partial charge in [0, 0.05) is 11.6 Å². The smallest absolute Gasteiger partial charge is 0.175 e. The molecular weight excluding hydrogens is 154 g/mol. The van der Waals surface area contributed by atoms with E-state index in [2.05, 4.69) is 6.92 Å². The molecule has 1 heterocycles. The first-order valence-corrected chi connectivity index (χ1v) is 4.06. The topological polar surface area (TPSA) is 58.8 Å². The molecule has 0 aliphatic carbocycles. The zero-order chi connectivity index (χ0) is 8.72. The second-order valence-corrected chi connectivity index (χ2v) is 2.97. The van der Waals surface area contributed by atoms with Gasteiger partial charge in [0.15, 0.2) is 11.5 Å². The van der Waals surface area contributed by atoms with Gasteiger partial charge in [-0.2, -0.15) is 0 Å². The van der Waals surface area contributed by atoms with Crippen LogP contribution in [0.3, 0.4) is 0 Å². The van der Waals surface area contributed by atoms with Crippen LogP contribution in [0.1, 0.15) is 18.9 Å². The van der Waals surface area contributed by atoms with Crippen molar-refractivity contribution in [1.82, 2.24) is 0 Å². The Hall–Kier alpha value is -1.38. The molecule has 0 bridgehead atoms. The number of nitrogen functional groups attached to an aromatic ring is 1. The van der Waals surface area contributed by atoms with Gasteiger partial charge < -0.3 is 15.6 Å². The molecule has 3 N–H and O–H groups in total. The van der Waals surface area contributed by atoms with E-state index < -0.39 is 0 Å². The Balaban J connectivity index is 2.47. The lowest BCUT2D eigenvalue weighted by atomic mass is 10.1. The van der Waals surface area contributed by atoms with E-state index in [1.807, 2.05) is 0 Å². The molecule has 0 amide bonds. The molecule has 0 saturated heterocycles. The van der Waals surface area contributed by atoms with E-state index in [1.165, 1.54) is 0 Å². The molecular formula is C9H11NO2. The predicted octanol–water partition coefficient (Wildman–Crippen LogP) is 2.03. The van der Waals surface area contributed by atoms with Crippen molar-refractivity contribution in [2.24, 2.45) is 0 Å². The molecule has 3 nitrogen and oxygen atoms in total. The highest BCUT2D eigenvalue weighted by Gasteiger charge is 2.28. The second-order valence-electron chi connectivity index (χ2n) is 2.97. The van der Waals surface area contributed by atoms with Gasteiger partial charge in [-0.25, -0.2) is 0 Å². The summed E-state index contributed by atoms with van der Waals surface area (Å²) < 4.78 is 5.14. The number of phenols is 1. The lowest BCUT2D eigenvalue weighted by Gasteiger charge is -2.01. The van der Waals surface area contributed by atoms with Crippen molar-refractivity contribution in [3.8, 4) is 17.2 Å². The quantitative estimate of drug-likeness (QED) is 0.406. The van der Waals surface area contributed by atoms with Gasteiger partial charge in [0.2, 0.25) is 0 Å². The van der Waals surface area contributed by atoms with Crippen LogP contribution in [0, 0.1) is 0 Å². The summed E-state index contributed by atoms with van der Waals surface area (Å²) in [4.78, 5) is 0. The summed E-state index contributed by atoms with van der Waals surface area (Å²) >= 11 is 0. The minimum atomic E-state index is 0.134. The first-order valence-electron chi connectivity index (χ1n) is 4.06. The molecule has 3 heteroatoms. The fourth-order valence-electron chi connectivity index (χ4n) is 1.37. The molecule has 0 unspecified atom stereocenters. The molecule has 1 aromatic rings. The molecule has 64 valence electrons. The van der Waals surface area contributed by atoms with Crippen LogP contribution < -0.4 is 10.5 Å². The Labute approximate surface area is 70.8 Å². The molecule has 2 rings (SSSR count). The molecule has 1 aliphatic heterocycles. The average molecular weight is 165 g/mol. The van der Waals surface area contributed by atoms with Crippen LogP contribution in [0.2, 0.25) is 0 Å². The van der Waals surface area contributed by atoms with Gasteiger partial charge in [0.25, 0.3) is 0 Å². The number of nitrogens with two attached hydrogens (primary N) is 1. The van der Waals surface area contributed by atoms with Gasteiger partial charge in [0.1, 0.15) is 5.75 Å². The molecule has 1 aromatic carbocycles. The maximum Gasteiger partial charge on any atom is 0.175 e. The Morgan fingerprint density at radius 1 is 1.58 bits per heavy atom. The van der Waals surface area contributed by atoms with E-state index in [1.54, 1.807) is 6.07 Å². The second kappa shape index (κ2) is 2.30. The first kappa shape index (κ1) is 7.28.